The van der Waals surface area contributed by atoms with Crippen LogP contribution in [0.25, 0.3) is 27.8 Å². The first-order chi connectivity index (χ1) is 13.2. The van der Waals surface area contributed by atoms with E-state index in [1.54, 1.807) is 0 Å². The van der Waals surface area contributed by atoms with Crippen LogP contribution in [0.5, 0.6) is 0 Å². The highest BCUT2D eigenvalue weighted by molar-refractivity contribution is 5.98. The van der Waals surface area contributed by atoms with Gasteiger partial charge in [-0.25, -0.2) is 4.98 Å². The molecule has 0 saturated carbocycles. The van der Waals surface area contributed by atoms with Crippen molar-refractivity contribution in [3.8, 4) is 16.8 Å². The lowest BCUT2D eigenvalue weighted by atomic mass is 10.0. The highest BCUT2D eigenvalue weighted by Crippen LogP contribution is 2.33. The summed E-state index contributed by atoms with van der Waals surface area (Å²) in [5.74, 6) is 0. The minimum Gasteiger partial charge on any atom is -0.411 e. The lowest BCUT2D eigenvalue weighted by Gasteiger charge is -2.15. The minimum atomic E-state index is 0.800. The van der Waals surface area contributed by atoms with Gasteiger partial charge in [-0.1, -0.05) is 35.5 Å². The first-order valence-electron chi connectivity index (χ1n) is 8.69. The van der Waals surface area contributed by atoms with Crippen LogP contribution < -0.4 is 4.90 Å². The second-order valence-corrected chi connectivity index (χ2v) is 6.58. The van der Waals surface area contributed by atoms with E-state index in [1.807, 2.05) is 56.8 Å². The van der Waals surface area contributed by atoms with Crippen molar-refractivity contribution in [3.05, 3.63) is 78.6 Å². The minimum absolute atomic E-state index is 0.800. The number of benzene rings is 3. The zero-order chi connectivity index (χ0) is 18.8. The van der Waals surface area contributed by atoms with Gasteiger partial charge in [0, 0.05) is 31.0 Å². The molecule has 0 bridgehead atoms. The Hall–Kier alpha value is -3.60. The summed E-state index contributed by atoms with van der Waals surface area (Å²) in [7, 11) is 4.05. The lowest BCUT2D eigenvalue weighted by Crippen LogP contribution is -2.08. The Morgan fingerprint density at radius 2 is 1.81 bits per heavy atom. The monoisotopic (exact) mass is 356 g/mol. The van der Waals surface area contributed by atoms with Crippen molar-refractivity contribution in [2.75, 3.05) is 19.0 Å². The maximum atomic E-state index is 8.99. The third-order valence-electron chi connectivity index (χ3n) is 4.58. The summed E-state index contributed by atoms with van der Waals surface area (Å²) in [6.07, 6.45) is 3.26. The van der Waals surface area contributed by atoms with E-state index in [0.717, 1.165) is 39.1 Å². The average Bonchev–Trinajstić information content (AvgIpc) is 3.12. The standard InChI is InChI=1S/C22H20N4O/c1-25(2)19-10-6-7-17(13-19)20-11-16(14-24-27)12-21-22(20)26(15-23-21)18-8-4-3-5-9-18/h3-15,27H,1-2H3. The van der Waals surface area contributed by atoms with Crippen LogP contribution in [0.1, 0.15) is 5.56 Å². The molecule has 1 aromatic heterocycles. The fourth-order valence-electron chi connectivity index (χ4n) is 3.27. The van der Waals surface area contributed by atoms with Crippen molar-refractivity contribution in [1.29, 1.82) is 0 Å². The van der Waals surface area contributed by atoms with Crippen molar-refractivity contribution >= 4 is 22.9 Å². The lowest BCUT2D eigenvalue weighted by molar-refractivity contribution is 0.322. The molecular formula is C22H20N4O. The normalized spacial score (nSPS) is 11.3. The molecular weight excluding hydrogens is 336 g/mol. The number of anilines is 1. The molecule has 4 aromatic rings. The Morgan fingerprint density at radius 3 is 2.56 bits per heavy atom. The van der Waals surface area contributed by atoms with Crippen LogP contribution in [-0.4, -0.2) is 35.1 Å². The van der Waals surface area contributed by atoms with Crippen molar-refractivity contribution < 1.29 is 5.21 Å². The number of nitrogens with zero attached hydrogens (tertiary/aromatic N) is 4. The van der Waals surface area contributed by atoms with Gasteiger partial charge in [0.05, 0.1) is 17.2 Å². The number of hydrogen-bond donors (Lipinski definition) is 1. The van der Waals surface area contributed by atoms with E-state index in [4.69, 9.17) is 5.21 Å². The van der Waals surface area contributed by atoms with Crippen LogP contribution in [0.2, 0.25) is 0 Å². The Bertz CT molecular complexity index is 1110. The van der Waals surface area contributed by atoms with Crippen molar-refractivity contribution in [2.24, 2.45) is 5.16 Å². The van der Waals surface area contributed by atoms with Gasteiger partial charge in [0.25, 0.3) is 0 Å². The van der Waals surface area contributed by atoms with Crippen LogP contribution in [0, 0.1) is 0 Å². The fourth-order valence-corrected chi connectivity index (χ4v) is 3.27. The smallest absolute Gasteiger partial charge is 0.100 e. The Balaban J connectivity index is 2.02. The molecule has 0 aliphatic heterocycles. The number of aromatic nitrogens is 2. The van der Waals surface area contributed by atoms with Gasteiger partial charge in [-0.2, -0.15) is 0 Å². The number of imidazole rings is 1. The molecule has 134 valence electrons. The maximum absolute atomic E-state index is 8.99. The molecule has 0 aliphatic rings. The number of para-hydroxylation sites is 1. The molecule has 0 spiro atoms. The van der Waals surface area contributed by atoms with E-state index in [-0.39, 0.29) is 0 Å². The summed E-state index contributed by atoms with van der Waals surface area (Å²) in [5, 5.41) is 12.2. The average molecular weight is 356 g/mol. The van der Waals surface area contributed by atoms with Gasteiger partial charge >= 0.3 is 0 Å². The van der Waals surface area contributed by atoms with Crippen LogP contribution in [-0.2, 0) is 0 Å². The first-order valence-corrected chi connectivity index (χ1v) is 8.69. The van der Waals surface area contributed by atoms with Crippen LogP contribution >= 0.6 is 0 Å². The van der Waals surface area contributed by atoms with Gasteiger partial charge in [-0.05, 0) is 47.5 Å². The summed E-state index contributed by atoms with van der Waals surface area (Å²) in [6, 6.07) is 22.5. The quantitative estimate of drug-likeness (QED) is 0.331. The highest BCUT2D eigenvalue weighted by atomic mass is 16.4. The molecule has 0 unspecified atom stereocenters. The van der Waals surface area contributed by atoms with E-state index < -0.39 is 0 Å². The maximum Gasteiger partial charge on any atom is 0.100 e. The molecule has 0 atom stereocenters. The third kappa shape index (κ3) is 3.15. The second-order valence-electron chi connectivity index (χ2n) is 6.58. The van der Waals surface area contributed by atoms with Gasteiger partial charge in [0.15, 0.2) is 0 Å². The van der Waals surface area contributed by atoms with Crippen molar-refractivity contribution in [2.45, 2.75) is 0 Å². The molecule has 1 heterocycles. The zero-order valence-corrected chi connectivity index (χ0v) is 15.2. The van der Waals surface area contributed by atoms with E-state index in [9.17, 15) is 0 Å². The predicted octanol–water partition coefficient (Wildman–Crippen LogP) is 4.57. The highest BCUT2D eigenvalue weighted by Gasteiger charge is 2.13. The molecule has 3 aromatic carbocycles. The SMILES string of the molecule is CN(C)c1cccc(-c2cc(C=NO)cc3ncn(-c4ccccc4)c23)c1. The van der Waals surface area contributed by atoms with Crippen LogP contribution in [0.3, 0.4) is 0 Å². The molecule has 1 N–H and O–H groups in total. The van der Waals surface area contributed by atoms with Gasteiger partial charge in [0.2, 0.25) is 0 Å². The Morgan fingerprint density at radius 1 is 1.00 bits per heavy atom. The number of rotatable bonds is 4. The largest absolute Gasteiger partial charge is 0.411 e. The van der Waals surface area contributed by atoms with Gasteiger partial charge in [-0.15, -0.1) is 0 Å². The second kappa shape index (κ2) is 6.96. The summed E-state index contributed by atoms with van der Waals surface area (Å²) < 4.78 is 2.09. The molecule has 0 saturated heterocycles. The molecule has 27 heavy (non-hydrogen) atoms. The Labute approximate surface area is 157 Å². The molecule has 5 nitrogen and oxygen atoms in total. The predicted molar refractivity (Wildman–Crippen MR) is 110 cm³/mol. The number of hydrogen-bond acceptors (Lipinski definition) is 4. The van der Waals surface area contributed by atoms with Crippen molar-refractivity contribution in [1.82, 2.24) is 9.55 Å². The Kier molecular flexibility index (Phi) is 4.34. The van der Waals surface area contributed by atoms with Gasteiger partial charge < -0.3 is 10.1 Å². The molecule has 0 fully saturated rings. The molecule has 0 radical (unpaired) electrons. The van der Waals surface area contributed by atoms with Crippen LogP contribution in [0.15, 0.2) is 78.2 Å². The zero-order valence-electron chi connectivity index (χ0n) is 15.2. The third-order valence-corrected chi connectivity index (χ3v) is 4.58. The fraction of sp³-hybridized carbons (Fsp3) is 0.0909. The van der Waals surface area contributed by atoms with E-state index in [2.05, 4.69) is 49.9 Å². The number of oxime groups is 1. The van der Waals surface area contributed by atoms with Crippen LogP contribution in [0.4, 0.5) is 5.69 Å². The molecule has 0 amide bonds. The number of fused-ring (bicyclic) bond motifs is 1. The summed E-state index contributed by atoms with van der Waals surface area (Å²) in [6.45, 7) is 0. The van der Waals surface area contributed by atoms with E-state index in [0.29, 0.717) is 0 Å². The summed E-state index contributed by atoms with van der Waals surface area (Å²) in [4.78, 5) is 6.67. The molecule has 4 rings (SSSR count). The van der Waals surface area contributed by atoms with Crippen molar-refractivity contribution in [3.63, 3.8) is 0 Å². The molecule has 0 aliphatic carbocycles. The summed E-state index contributed by atoms with van der Waals surface area (Å²) in [5.41, 5.74) is 6.95. The van der Waals surface area contributed by atoms with E-state index >= 15 is 0 Å². The summed E-state index contributed by atoms with van der Waals surface area (Å²) >= 11 is 0. The van der Waals surface area contributed by atoms with E-state index in [1.165, 1.54) is 6.21 Å². The molecule has 5 heteroatoms. The van der Waals surface area contributed by atoms with Gasteiger partial charge in [-0.3, -0.25) is 4.57 Å². The topological polar surface area (TPSA) is 53.6 Å². The first kappa shape index (κ1) is 16.8. The van der Waals surface area contributed by atoms with Gasteiger partial charge in [0.1, 0.15) is 6.33 Å².